The van der Waals surface area contributed by atoms with E-state index >= 15 is 0 Å². The van der Waals surface area contributed by atoms with E-state index in [0.717, 1.165) is 17.7 Å². The first-order valence-corrected chi connectivity index (χ1v) is 6.75. The molecule has 0 spiro atoms. The molecule has 2 rings (SSSR count). The summed E-state index contributed by atoms with van der Waals surface area (Å²) >= 11 is 0. The largest absolute Gasteiger partial charge is 0.398 e. The Labute approximate surface area is 120 Å². The Hall–Kier alpha value is -2.47. The van der Waals surface area contributed by atoms with Gasteiger partial charge in [-0.05, 0) is 42.7 Å². The summed E-state index contributed by atoms with van der Waals surface area (Å²) in [4.78, 5) is 0. The maximum Gasteiger partial charge on any atom is 0.0670 e. The Kier molecular flexibility index (Phi) is 4.62. The van der Waals surface area contributed by atoms with E-state index in [9.17, 15) is 0 Å². The summed E-state index contributed by atoms with van der Waals surface area (Å²) in [6, 6.07) is 18.6. The maximum atomic E-state index is 8.79. The van der Waals surface area contributed by atoms with E-state index in [1.165, 1.54) is 5.56 Å². The number of benzene rings is 2. The number of hydrogen-bond donors (Lipinski definition) is 2. The van der Waals surface area contributed by atoms with Gasteiger partial charge in [-0.2, -0.15) is 5.26 Å². The van der Waals surface area contributed by atoms with Gasteiger partial charge in [0.2, 0.25) is 0 Å². The average molecular weight is 265 g/mol. The second kappa shape index (κ2) is 6.63. The lowest BCUT2D eigenvalue weighted by Crippen LogP contribution is -2.18. The summed E-state index contributed by atoms with van der Waals surface area (Å²) in [6.07, 6.45) is 1.30. The zero-order valence-electron chi connectivity index (χ0n) is 11.6. The van der Waals surface area contributed by atoms with Crippen molar-refractivity contribution in [1.82, 2.24) is 0 Å². The maximum absolute atomic E-state index is 8.79. The molecule has 0 aliphatic heterocycles. The van der Waals surface area contributed by atoms with E-state index in [1.54, 1.807) is 0 Å². The molecule has 3 heteroatoms. The van der Waals surface area contributed by atoms with Crippen molar-refractivity contribution in [2.24, 2.45) is 0 Å². The van der Waals surface area contributed by atoms with E-state index < -0.39 is 0 Å². The summed E-state index contributed by atoms with van der Waals surface area (Å²) in [5, 5.41) is 12.2. The molecule has 0 amide bonds. The molecule has 0 heterocycles. The third-order valence-corrected chi connectivity index (χ3v) is 3.21. The van der Waals surface area contributed by atoms with E-state index in [-0.39, 0.29) is 0 Å². The van der Waals surface area contributed by atoms with E-state index in [2.05, 4.69) is 42.6 Å². The monoisotopic (exact) mass is 265 g/mol. The number of nitrogens with two attached hydrogens (primary N) is 1. The van der Waals surface area contributed by atoms with Crippen molar-refractivity contribution in [3.63, 3.8) is 0 Å². The van der Waals surface area contributed by atoms with Crippen LogP contribution in [0.25, 0.3) is 0 Å². The van der Waals surface area contributed by atoms with Gasteiger partial charge in [0, 0.05) is 17.4 Å². The van der Waals surface area contributed by atoms with Crippen LogP contribution >= 0.6 is 0 Å². The Morgan fingerprint density at radius 2 is 1.95 bits per heavy atom. The molecule has 0 fully saturated rings. The van der Waals surface area contributed by atoms with Crippen LogP contribution in [0.3, 0.4) is 0 Å². The third-order valence-electron chi connectivity index (χ3n) is 3.21. The topological polar surface area (TPSA) is 61.8 Å². The van der Waals surface area contributed by atoms with Crippen LogP contribution < -0.4 is 11.1 Å². The van der Waals surface area contributed by atoms with Crippen molar-refractivity contribution >= 4 is 11.4 Å². The van der Waals surface area contributed by atoms with Crippen LogP contribution in [0, 0.1) is 11.3 Å². The van der Waals surface area contributed by atoms with Gasteiger partial charge in [-0.1, -0.05) is 30.3 Å². The Bertz CT molecular complexity index is 599. The Morgan fingerprint density at radius 1 is 1.20 bits per heavy atom. The van der Waals surface area contributed by atoms with Gasteiger partial charge in [-0.25, -0.2) is 0 Å². The molecule has 3 nitrogen and oxygen atoms in total. The van der Waals surface area contributed by atoms with Gasteiger partial charge >= 0.3 is 0 Å². The summed E-state index contributed by atoms with van der Waals surface area (Å²) in [5.74, 6) is 0. The first kappa shape index (κ1) is 14.0. The highest BCUT2D eigenvalue weighted by molar-refractivity contribution is 5.58. The van der Waals surface area contributed by atoms with Crippen molar-refractivity contribution < 1.29 is 0 Å². The van der Waals surface area contributed by atoms with Crippen molar-refractivity contribution in [1.29, 1.82) is 5.26 Å². The smallest absolute Gasteiger partial charge is 0.0670 e. The number of nitrogens with zero attached hydrogens (tertiary/aromatic N) is 1. The number of rotatable bonds is 5. The summed E-state index contributed by atoms with van der Waals surface area (Å²) < 4.78 is 0. The van der Waals surface area contributed by atoms with Crippen molar-refractivity contribution in [2.45, 2.75) is 25.8 Å². The molecule has 102 valence electrons. The number of hydrogen-bond acceptors (Lipinski definition) is 3. The minimum atomic E-state index is 0.316. The lowest BCUT2D eigenvalue weighted by atomic mass is 10.1. The third kappa shape index (κ3) is 3.76. The molecule has 0 saturated carbocycles. The van der Waals surface area contributed by atoms with Gasteiger partial charge in [-0.3, -0.25) is 0 Å². The number of anilines is 2. The van der Waals surface area contributed by atoms with Crippen LogP contribution in [0.1, 0.15) is 18.1 Å². The Morgan fingerprint density at radius 3 is 2.65 bits per heavy atom. The van der Waals surface area contributed by atoms with Gasteiger partial charge in [0.15, 0.2) is 0 Å². The number of nitrogen functional groups attached to an aromatic ring is 1. The molecule has 1 unspecified atom stereocenters. The minimum Gasteiger partial charge on any atom is -0.398 e. The zero-order valence-corrected chi connectivity index (χ0v) is 11.6. The van der Waals surface area contributed by atoms with E-state index in [4.69, 9.17) is 11.0 Å². The van der Waals surface area contributed by atoms with Gasteiger partial charge in [0.1, 0.15) is 0 Å². The number of nitrogens with one attached hydrogen (secondary N) is 1. The molecule has 0 saturated heterocycles. The quantitative estimate of drug-likeness (QED) is 0.815. The highest BCUT2D eigenvalue weighted by Crippen LogP contribution is 2.19. The fraction of sp³-hybridized carbons (Fsp3) is 0.235. The van der Waals surface area contributed by atoms with Gasteiger partial charge in [0.05, 0.1) is 12.5 Å². The standard InChI is InChI=1S/C17H19N3/c1-13(11-14-5-3-2-4-6-14)20-16-7-8-17(19)15(12-16)9-10-18/h2-8,12-13,20H,9,11,19H2,1H3. The van der Waals surface area contributed by atoms with E-state index in [0.29, 0.717) is 18.2 Å². The predicted molar refractivity (Wildman–Crippen MR) is 83.4 cm³/mol. The van der Waals surface area contributed by atoms with Gasteiger partial charge in [-0.15, -0.1) is 0 Å². The van der Waals surface area contributed by atoms with E-state index in [1.807, 2.05) is 24.3 Å². The normalized spacial score (nSPS) is 11.6. The fourth-order valence-electron chi connectivity index (χ4n) is 2.24. The van der Waals surface area contributed by atoms with Crippen LogP contribution in [0.5, 0.6) is 0 Å². The molecular weight excluding hydrogens is 246 g/mol. The fourth-order valence-corrected chi connectivity index (χ4v) is 2.24. The molecule has 0 aliphatic carbocycles. The van der Waals surface area contributed by atoms with Crippen molar-refractivity contribution in [3.8, 4) is 6.07 Å². The van der Waals surface area contributed by atoms with Gasteiger partial charge in [0.25, 0.3) is 0 Å². The lowest BCUT2D eigenvalue weighted by molar-refractivity contribution is 0.790. The molecule has 20 heavy (non-hydrogen) atoms. The molecule has 0 bridgehead atoms. The highest BCUT2D eigenvalue weighted by Gasteiger charge is 2.05. The predicted octanol–water partition coefficient (Wildman–Crippen LogP) is 3.38. The summed E-state index contributed by atoms with van der Waals surface area (Å²) in [7, 11) is 0. The Balaban J connectivity index is 2.03. The van der Waals surface area contributed by atoms with Crippen LogP contribution in [-0.4, -0.2) is 6.04 Å². The van der Waals surface area contributed by atoms with Gasteiger partial charge < -0.3 is 11.1 Å². The van der Waals surface area contributed by atoms with Crippen molar-refractivity contribution in [3.05, 3.63) is 59.7 Å². The van der Waals surface area contributed by atoms with Crippen LogP contribution in [-0.2, 0) is 12.8 Å². The van der Waals surface area contributed by atoms with Crippen LogP contribution in [0.15, 0.2) is 48.5 Å². The molecule has 0 aliphatic rings. The first-order valence-electron chi connectivity index (χ1n) is 6.75. The molecule has 0 aromatic heterocycles. The molecule has 2 aromatic rings. The minimum absolute atomic E-state index is 0.316. The molecule has 3 N–H and O–H groups in total. The van der Waals surface area contributed by atoms with Crippen molar-refractivity contribution in [2.75, 3.05) is 11.1 Å². The summed E-state index contributed by atoms with van der Waals surface area (Å²) in [5.41, 5.74) is 9.72. The van der Waals surface area contributed by atoms with Crippen LogP contribution in [0.2, 0.25) is 0 Å². The molecule has 1 atom stereocenters. The molecular formula is C17H19N3. The molecule has 2 aromatic carbocycles. The lowest BCUT2D eigenvalue weighted by Gasteiger charge is -2.16. The number of nitriles is 1. The molecule has 0 radical (unpaired) electrons. The highest BCUT2D eigenvalue weighted by atomic mass is 14.9. The average Bonchev–Trinajstić information content (AvgIpc) is 2.44. The first-order chi connectivity index (χ1) is 9.69. The zero-order chi connectivity index (χ0) is 14.4. The second-order valence-electron chi connectivity index (χ2n) is 4.98. The van der Waals surface area contributed by atoms with Crippen LogP contribution in [0.4, 0.5) is 11.4 Å². The SMILES string of the molecule is CC(Cc1ccccc1)Nc1ccc(N)c(CC#N)c1. The summed E-state index contributed by atoms with van der Waals surface area (Å²) in [6.45, 7) is 2.15. The second-order valence-corrected chi connectivity index (χ2v) is 4.98.